The number of carbonyl (C=O) groups is 1. The number of alkyl halides is 1. The minimum absolute atomic E-state index is 0.0777. The molecule has 0 unspecified atom stereocenters. The van der Waals surface area contributed by atoms with E-state index in [0.717, 1.165) is 0 Å². The van der Waals surface area contributed by atoms with Gasteiger partial charge in [-0.15, -0.1) is 11.6 Å². The van der Waals surface area contributed by atoms with Crippen LogP contribution in [0.2, 0.25) is 0 Å². The third kappa shape index (κ3) is 2.15. The summed E-state index contributed by atoms with van der Waals surface area (Å²) in [5.41, 5.74) is 0.621. The Bertz CT molecular complexity index is 376. The topological polar surface area (TPSA) is 55.8 Å². The summed E-state index contributed by atoms with van der Waals surface area (Å²) in [6.07, 6.45) is 0. The van der Waals surface area contributed by atoms with Crippen molar-refractivity contribution in [1.82, 2.24) is 0 Å². The smallest absolute Gasteiger partial charge is 0.339 e. The van der Waals surface area contributed by atoms with Crippen LogP contribution < -0.4 is 9.47 Å². The van der Waals surface area contributed by atoms with Crippen LogP contribution >= 0.6 is 11.6 Å². The number of rotatable bonds is 4. The molecule has 15 heavy (non-hydrogen) atoms. The number of aromatic carboxylic acids is 1. The molecule has 0 heterocycles. The van der Waals surface area contributed by atoms with Crippen LogP contribution in [-0.2, 0) is 5.88 Å². The molecule has 82 valence electrons. The second-order valence-electron chi connectivity index (χ2n) is 2.77. The Labute approximate surface area is 92.4 Å². The normalized spacial score (nSPS) is 9.80. The maximum Gasteiger partial charge on any atom is 0.339 e. The number of carboxylic acid groups (broad SMARTS) is 1. The van der Waals surface area contributed by atoms with Gasteiger partial charge in [0.2, 0.25) is 0 Å². The summed E-state index contributed by atoms with van der Waals surface area (Å²) in [5, 5.41) is 8.92. The Balaban J connectivity index is 3.40. The molecule has 1 rings (SSSR count). The maximum atomic E-state index is 10.9. The van der Waals surface area contributed by atoms with Crippen LogP contribution in [0.5, 0.6) is 11.5 Å². The lowest BCUT2D eigenvalue weighted by atomic mass is 10.1. The highest BCUT2D eigenvalue weighted by atomic mass is 35.5. The highest BCUT2D eigenvalue weighted by Crippen LogP contribution is 2.33. The predicted molar refractivity (Wildman–Crippen MR) is 56.1 cm³/mol. The molecule has 0 bridgehead atoms. The minimum atomic E-state index is -1.05. The van der Waals surface area contributed by atoms with Gasteiger partial charge in [-0.25, -0.2) is 4.79 Å². The number of hydrogen-bond donors (Lipinski definition) is 1. The van der Waals surface area contributed by atoms with E-state index in [1.165, 1.54) is 20.3 Å². The van der Waals surface area contributed by atoms with E-state index in [4.69, 9.17) is 26.2 Å². The average molecular weight is 231 g/mol. The zero-order valence-corrected chi connectivity index (χ0v) is 9.17. The van der Waals surface area contributed by atoms with Crippen molar-refractivity contribution in [2.45, 2.75) is 5.88 Å². The summed E-state index contributed by atoms with van der Waals surface area (Å²) in [6.45, 7) is 0. The molecule has 4 nitrogen and oxygen atoms in total. The Morgan fingerprint density at radius 2 is 2.07 bits per heavy atom. The van der Waals surface area contributed by atoms with Crippen molar-refractivity contribution in [2.75, 3.05) is 14.2 Å². The molecule has 0 saturated carbocycles. The largest absolute Gasteiger partial charge is 0.496 e. The van der Waals surface area contributed by atoms with Gasteiger partial charge in [-0.05, 0) is 12.1 Å². The highest BCUT2D eigenvalue weighted by Gasteiger charge is 2.18. The molecule has 0 fully saturated rings. The van der Waals surface area contributed by atoms with Crippen LogP contribution in [0.15, 0.2) is 12.1 Å². The van der Waals surface area contributed by atoms with Gasteiger partial charge in [0.05, 0.1) is 25.7 Å². The van der Waals surface area contributed by atoms with Crippen molar-refractivity contribution in [3.8, 4) is 11.5 Å². The van der Waals surface area contributed by atoms with Crippen LogP contribution in [-0.4, -0.2) is 25.3 Å². The van der Waals surface area contributed by atoms with E-state index in [9.17, 15) is 4.79 Å². The van der Waals surface area contributed by atoms with E-state index in [-0.39, 0.29) is 17.2 Å². The first-order chi connectivity index (χ1) is 7.15. The van der Waals surface area contributed by atoms with Crippen molar-refractivity contribution in [1.29, 1.82) is 0 Å². The molecule has 0 aliphatic rings. The quantitative estimate of drug-likeness (QED) is 0.806. The minimum Gasteiger partial charge on any atom is -0.496 e. The summed E-state index contributed by atoms with van der Waals surface area (Å²) in [7, 11) is 2.89. The fraction of sp³-hybridized carbons (Fsp3) is 0.300. The van der Waals surface area contributed by atoms with Crippen LogP contribution in [0, 0.1) is 0 Å². The van der Waals surface area contributed by atoms with Gasteiger partial charge in [-0.1, -0.05) is 0 Å². The molecule has 0 saturated heterocycles. The van der Waals surface area contributed by atoms with E-state index in [0.29, 0.717) is 11.3 Å². The van der Waals surface area contributed by atoms with Crippen molar-refractivity contribution >= 4 is 17.6 Å². The van der Waals surface area contributed by atoms with Crippen LogP contribution in [0.4, 0.5) is 0 Å². The summed E-state index contributed by atoms with van der Waals surface area (Å²) >= 11 is 5.72. The molecule has 1 aromatic rings. The first-order valence-corrected chi connectivity index (χ1v) is 4.72. The van der Waals surface area contributed by atoms with Crippen LogP contribution in [0.3, 0.4) is 0 Å². The molecule has 5 heteroatoms. The number of hydrogen-bond acceptors (Lipinski definition) is 3. The lowest BCUT2D eigenvalue weighted by Gasteiger charge is -2.13. The van der Waals surface area contributed by atoms with E-state index < -0.39 is 5.97 Å². The lowest BCUT2D eigenvalue weighted by molar-refractivity contribution is 0.0693. The van der Waals surface area contributed by atoms with Gasteiger partial charge in [0.25, 0.3) is 0 Å². The third-order valence-corrected chi connectivity index (χ3v) is 2.27. The molecule has 0 atom stereocenters. The Hall–Kier alpha value is -1.42. The monoisotopic (exact) mass is 230 g/mol. The van der Waals surface area contributed by atoms with Gasteiger partial charge >= 0.3 is 5.97 Å². The summed E-state index contributed by atoms with van der Waals surface area (Å²) in [6, 6.07) is 2.99. The Kier molecular flexibility index (Phi) is 3.80. The van der Waals surface area contributed by atoms with Crippen molar-refractivity contribution in [2.24, 2.45) is 0 Å². The number of benzene rings is 1. The third-order valence-electron chi connectivity index (χ3n) is 2.01. The maximum absolute atomic E-state index is 10.9. The van der Waals surface area contributed by atoms with E-state index in [2.05, 4.69) is 0 Å². The first kappa shape index (κ1) is 11.7. The molecule has 1 N–H and O–H groups in total. The van der Waals surface area contributed by atoms with Crippen molar-refractivity contribution in [3.05, 3.63) is 23.3 Å². The SMILES string of the molecule is COc1ccc(C(=O)O)c(OC)c1CCl. The number of carboxylic acids is 1. The van der Waals surface area contributed by atoms with Gasteiger partial charge < -0.3 is 14.6 Å². The van der Waals surface area contributed by atoms with Crippen LogP contribution in [0.25, 0.3) is 0 Å². The van der Waals surface area contributed by atoms with Gasteiger partial charge in [0, 0.05) is 0 Å². The molecule has 0 amide bonds. The van der Waals surface area contributed by atoms with Gasteiger partial charge in [-0.3, -0.25) is 0 Å². The van der Waals surface area contributed by atoms with Gasteiger partial charge in [-0.2, -0.15) is 0 Å². The Morgan fingerprint density at radius 3 is 2.47 bits per heavy atom. The molecule has 0 radical (unpaired) electrons. The van der Waals surface area contributed by atoms with E-state index in [1.807, 2.05) is 0 Å². The Morgan fingerprint density at radius 1 is 1.40 bits per heavy atom. The first-order valence-electron chi connectivity index (χ1n) is 4.18. The zero-order valence-electron chi connectivity index (χ0n) is 8.41. The average Bonchev–Trinajstić information content (AvgIpc) is 2.26. The van der Waals surface area contributed by atoms with E-state index in [1.54, 1.807) is 6.07 Å². The number of ether oxygens (including phenoxy) is 2. The summed E-state index contributed by atoms with van der Waals surface area (Å²) in [4.78, 5) is 10.9. The molecule has 0 aromatic heterocycles. The standard InChI is InChI=1S/C10H11ClO4/c1-14-8-4-3-6(10(12)13)9(15-2)7(8)5-11/h3-4H,5H2,1-2H3,(H,12,13). The fourth-order valence-corrected chi connectivity index (χ4v) is 1.58. The molecule has 0 spiro atoms. The van der Waals surface area contributed by atoms with Gasteiger partial charge in [0.1, 0.15) is 17.1 Å². The molecule has 0 aliphatic heterocycles. The predicted octanol–water partition coefficient (Wildman–Crippen LogP) is 2.14. The van der Waals surface area contributed by atoms with E-state index >= 15 is 0 Å². The fourth-order valence-electron chi connectivity index (χ4n) is 1.33. The highest BCUT2D eigenvalue weighted by molar-refractivity contribution is 6.17. The molecule has 1 aromatic carbocycles. The van der Waals surface area contributed by atoms with Crippen LogP contribution in [0.1, 0.15) is 15.9 Å². The van der Waals surface area contributed by atoms with Crippen molar-refractivity contribution < 1.29 is 19.4 Å². The van der Waals surface area contributed by atoms with Crippen molar-refractivity contribution in [3.63, 3.8) is 0 Å². The molecular formula is C10H11ClO4. The molecule has 0 aliphatic carbocycles. The molecular weight excluding hydrogens is 220 g/mol. The van der Waals surface area contributed by atoms with Gasteiger partial charge in [0.15, 0.2) is 0 Å². The number of methoxy groups -OCH3 is 2. The number of halogens is 1. The summed E-state index contributed by atoms with van der Waals surface area (Å²) in [5.74, 6) is -0.155. The second kappa shape index (κ2) is 4.89. The second-order valence-corrected chi connectivity index (χ2v) is 3.03. The lowest BCUT2D eigenvalue weighted by Crippen LogP contribution is -2.04. The zero-order chi connectivity index (χ0) is 11.4. The summed E-state index contributed by atoms with van der Waals surface area (Å²) < 4.78 is 10.1.